The first-order valence-corrected chi connectivity index (χ1v) is 8.85. The van der Waals surface area contributed by atoms with E-state index in [0.717, 1.165) is 11.1 Å². The SMILES string of the molecule is CC(=O)Oc1ccc2c3c1O[C@H]1C(=O)CC[C@@]4(O)[C@@H](C2)N(C#N)CC[C@]314. The molecule has 4 aliphatic rings. The van der Waals surface area contributed by atoms with Crippen LogP contribution in [0.25, 0.3) is 0 Å². The molecule has 134 valence electrons. The van der Waals surface area contributed by atoms with Gasteiger partial charge < -0.3 is 19.5 Å². The summed E-state index contributed by atoms with van der Waals surface area (Å²) in [5, 5.41) is 21.3. The van der Waals surface area contributed by atoms with Crippen molar-refractivity contribution in [3.05, 3.63) is 23.3 Å². The van der Waals surface area contributed by atoms with Gasteiger partial charge in [0.1, 0.15) is 5.60 Å². The Hall–Kier alpha value is -2.59. The fraction of sp³-hybridized carbons (Fsp3) is 0.526. The highest BCUT2D eigenvalue weighted by Crippen LogP contribution is 2.64. The van der Waals surface area contributed by atoms with Crippen molar-refractivity contribution in [2.75, 3.05) is 6.54 Å². The minimum Gasteiger partial charge on any atom is -0.477 e. The van der Waals surface area contributed by atoms with Crippen LogP contribution in [0, 0.1) is 11.5 Å². The molecule has 5 rings (SSSR count). The topological polar surface area (TPSA) is 99.9 Å². The van der Waals surface area contributed by atoms with E-state index in [1.54, 1.807) is 11.0 Å². The number of carbonyl (C=O) groups is 2. The fourth-order valence-corrected chi connectivity index (χ4v) is 5.67. The van der Waals surface area contributed by atoms with Crippen molar-refractivity contribution in [3.8, 4) is 17.7 Å². The number of ether oxygens (including phenoxy) is 2. The normalized spacial score (nSPS) is 36.0. The molecule has 2 fully saturated rings. The third-order valence-corrected chi connectivity index (χ3v) is 6.62. The summed E-state index contributed by atoms with van der Waals surface area (Å²) < 4.78 is 11.4. The number of hydrogen-bond acceptors (Lipinski definition) is 7. The number of Topliss-reactive ketones (excluding diaryl/α,β-unsaturated/α-hetero) is 1. The molecule has 1 saturated carbocycles. The highest BCUT2D eigenvalue weighted by Gasteiger charge is 2.73. The predicted molar refractivity (Wildman–Crippen MR) is 87.5 cm³/mol. The summed E-state index contributed by atoms with van der Waals surface area (Å²) in [6, 6.07) is 3.15. The number of aliphatic hydroxyl groups is 1. The molecule has 0 aromatic heterocycles. The standard InChI is InChI=1S/C19H18N2O5/c1-10(22)25-13-3-2-11-8-14-19(24)5-4-12(23)17-18(19,6-7-21(14)9-20)15(11)16(13)26-17/h2-3,14,17,24H,4-8H2,1H3/t14-,17+,18+,19-/m1/s1. The Labute approximate surface area is 150 Å². The summed E-state index contributed by atoms with van der Waals surface area (Å²) in [6.07, 6.45) is 2.88. The minimum atomic E-state index is -1.22. The molecule has 26 heavy (non-hydrogen) atoms. The Bertz CT molecular complexity index is 906. The zero-order chi connectivity index (χ0) is 18.3. The van der Waals surface area contributed by atoms with Crippen LogP contribution in [0.2, 0.25) is 0 Å². The number of benzene rings is 1. The van der Waals surface area contributed by atoms with E-state index in [1.165, 1.54) is 6.92 Å². The van der Waals surface area contributed by atoms with Crippen molar-refractivity contribution in [3.63, 3.8) is 0 Å². The van der Waals surface area contributed by atoms with E-state index in [2.05, 4.69) is 6.19 Å². The van der Waals surface area contributed by atoms with Crippen molar-refractivity contribution in [1.29, 1.82) is 5.26 Å². The average molecular weight is 354 g/mol. The summed E-state index contributed by atoms with van der Waals surface area (Å²) >= 11 is 0. The molecule has 0 radical (unpaired) electrons. The fourth-order valence-electron chi connectivity index (χ4n) is 5.67. The van der Waals surface area contributed by atoms with Crippen LogP contribution < -0.4 is 9.47 Å². The van der Waals surface area contributed by atoms with Gasteiger partial charge in [-0.1, -0.05) is 6.07 Å². The minimum absolute atomic E-state index is 0.0448. The number of nitriles is 1. The highest BCUT2D eigenvalue weighted by molar-refractivity contribution is 5.90. The average Bonchev–Trinajstić information content (AvgIpc) is 2.95. The number of likely N-dealkylation sites (tertiary alicyclic amines) is 1. The molecule has 0 amide bonds. The maximum atomic E-state index is 12.7. The number of hydrogen-bond donors (Lipinski definition) is 1. The van der Waals surface area contributed by atoms with Crippen molar-refractivity contribution >= 4 is 11.8 Å². The van der Waals surface area contributed by atoms with Crippen LogP contribution in [0.15, 0.2) is 12.1 Å². The van der Waals surface area contributed by atoms with Crippen LogP contribution in [0.3, 0.4) is 0 Å². The zero-order valence-electron chi connectivity index (χ0n) is 14.3. The Balaban J connectivity index is 1.80. The lowest BCUT2D eigenvalue weighted by molar-refractivity contribution is -0.181. The molecule has 2 heterocycles. The van der Waals surface area contributed by atoms with Gasteiger partial charge in [0.05, 0.1) is 11.5 Å². The lowest BCUT2D eigenvalue weighted by Gasteiger charge is -2.61. The second-order valence-corrected chi connectivity index (χ2v) is 7.64. The number of piperidine rings is 1. The van der Waals surface area contributed by atoms with Gasteiger partial charge in [0.25, 0.3) is 0 Å². The Morgan fingerprint density at radius 2 is 2.27 bits per heavy atom. The molecule has 7 heteroatoms. The first kappa shape index (κ1) is 15.6. The molecule has 7 nitrogen and oxygen atoms in total. The predicted octanol–water partition coefficient (Wildman–Crippen LogP) is 0.816. The first-order chi connectivity index (χ1) is 12.4. The van der Waals surface area contributed by atoms with Crippen LogP contribution in [0.1, 0.15) is 37.3 Å². The summed E-state index contributed by atoms with van der Waals surface area (Å²) in [6.45, 7) is 1.78. The molecule has 1 N–H and O–H groups in total. The van der Waals surface area contributed by atoms with E-state index < -0.39 is 23.1 Å². The molecule has 1 saturated heterocycles. The lowest BCUT2D eigenvalue weighted by atomic mass is 9.49. The molecule has 0 unspecified atom stereocenters. The van der Waals surface area contributed by atoms with Gasteiger partial charge in [0.15, 0.2) is 29.6 Å². The summed E-state index contributed by atoms with van der Waals surface area (Å²) in [5.41, 5.74) is -0.347. The second kappa shape index (κ2) is 4.77. The Morgan fingerprint density at radius 1 is 1.46 bits per heavy atom. The first-order valence-electron chi connectivity index (χ1n) is 8.85. The molecule has 1 spiro atoms. The molecular formula is C19H18N2O5. The van der Waals surface area contributed by atoms with Gasteiger partial charge in [-0.15, -0.1) is 0 Å². The van der Waals surface area contributed by atoms with Gasteiger partial charge >= 0.3 is 5.97 Å². The van der Waals surface area contributed by atoms with E-state index in [4.69, 9.17) is 9.47 Å². The number of nitrogens with zero attached hydrogens (tertiary/aromatic N) is 2. The number of esters is 1. The van der Waals surface area contributed by atoms with E-state index in [9.17, 15) is 20.0 Å². The molecule has 1 aromatic rings. The van der Waals surface area contributed by atoms with Gasteiger partial charge in [0.2, 0.25) is 0 Å². The largest absolute Gasteiger partial charge is 0.477 e. The second-order valence-electron chi connectivity index (χ2n) is 7.64. The van der Waals surface area contributed by atoms with E-state index in [0.29, 0.717) is 31.6 Å². The number of ketones is 1. The van der Waals surface area contributed by atoms with Crippen LogP contribution >= 0.6 is 0 Å². The van der Waals surface area contributed by atoms with Crippen LogP contribution in [-0.4, -0.2) is 46.1 Å². The van der Waals surface area contributed by atoms with E-state index in [1.807, 2.05) is 6.07 Å². The van der Waals surface area contributed by atoms with Crippen LogP contribution in [0.5, 0.6) is 11.5 Å². The van der Waals surface area contributed by atoms with E-state index in [-0.39, 0.29) is 24.0 Å². The van der Waals surface area contributed by atoms with Crippen molar-refractivity contribution in [1.82, 2.24) is 4.90 Å². The Morgan fingerprint density at radius 3 is 3.00 bits per heavy atom. The van der Waals surface area contributed by atoms with Crippen LogP contribution in [0.4, 0.5) is 0 Å². The molecule has 2 aliphatic carbocycles. The van der Waals surface area contributed by atoms with Gasteiger partial charge in [-0.3, -0.25) is 9.59 Å². The third kappa shape index (κ3) is 1.57. The maximum absolute atomic E-state index is 12.7. The summed E-state index contributed by atoms with van der Waals surface area (Å²) in [7, 11) is 0. The third-order valence-electron chi connectivity index (χ3n) is 6.62. The van der Waals surface area contributed by atoms with E-state index >= 15 is 0 Å². The van der Waals surface area contributed by atoms with Crippen molar-refractivity contribution < 1.29 is 24.2 Å². The lowest BCUT2D eigenvalue weighted by Crippen LogP contribution is -2.76. The summed E-state index contributed by atoms with van der Waals surface area (Å²) in [5.74, 6) is 0.181. The van der Waals surface area contributed by atoms with Gasteiger partial charge in [-0.2, -0.15) is 5.26 Å². The molecule has 4 atom stereocenters. The number of carbonyl (C=O) groups excluding carboxylic acids is 2. The monoisotopic (exact) mass is 354 g/mol. The van der Waals surface area contributed by atoms with Gasteiger partial charge in [-0.25, -0.2) is 0 Å². The Kier molecular flexibility index (Phi) is 2.87. The molecule has 2 bridgehead atoms. The summed E-state index contributed by atoms with van der Waals surface area (Å²) in [4.78, 5) is 25.8. The highest BCUT2D eigenvalue weighted by atomic mass is 16.6. The molecule has 1 aromatic carbocycles. The molecular weight excluding hydrogens is 336 g/mol. The van der Waals surface area contributed by atoms with Crippen LogP contribution in [-0.2, 0) is 21.4 Å². The van der Waals surface area contributed by atoms with Gasteiger partial charge in [-0.05, 0) is 30.9 Å². The molecule has 2 aliphatic heterocycles. The van der Waals surface area contributed by atoms with Gasteiger partial charge in [0, 0.05) is 25.5 Å². The van der Waals surface area contributed by atoms with Crippen molar-refractivity contribution in [2.24, 2.45) is 0 Å². The number of rotatable bonds is 1. The quantitative estimate of drug-likeness (QED) is 0.453. The maximum Gasteiger partial charge on any atom is 0.308 e. The zero-order valence-corrected chi connectivity index (χ0v) is 14.3. The smallest absolute Gasteiger partial charge is 0.308 e. The van der Waals surface area contributed by atoms with Crippen molar-refractivity contribution in [2.45, 2.75) is 55.8 Å².